The summed E-state index contributed by atoms with van der Waals surface area (Å²) in [5.41, 5.74) is 0. The van der Waals surface area contributed by atoms with E-state index in [0.29, 0.717) is 0 Å². The second kappa shape index (κ2) is 11.5. The van der Waals surface area contributed by atoms with E-state index in [1.54, 1.807) is 0 Å². The fraction of sp³-hybridized carbons (Fsp3) is 0.500. The van der Waals surface area contributed by atoms with Crippen molar-refractivity contribution in [3.63, 3.8) is 0 Å². The Morgan fingerprint density at radius 2 is 1.36 bits per heavy atom. The molecule has 0 saturated heterocycles. The van der Waals surface area contributed by atoms with Crippen molar-refractivity contribution in [3.8, 4) is 0 Å². The maximum atomic E-state index is 9.77. The van der Waals surface area contributed by atoms with Crippen molar-refractivity contribution in [2.75, 3.05) is 11.5 Å². The molecule has 7 heteroatoms. The van der Waals surface area contributed by atoms with Gasteiger partial charge in [-0.25, -0.2) is 0 Å². The van der Waals surface area contributed by atoms with E-state index in [-0.39, 0.29) is 82.4 Å². The Kier molecular flexibility index (Phi) is 19.3. The molecule has 0 radical (unpaired) electrons. The van der Waals surface area contributed by atoms with Gasteiger partial charge in [0.15, 0.2) is 0 Å². The Labute approximate surface area is 124 Å². The first-order valence-electron chi connectivity index (χ1n) is 2.14. The van der Waals surface area contributed by atoms with E-state index >= 15 is 0 Å². The molecule has 4 nitrogen and oxygen atoms in total. The molecule has 0 aromatic heterocycles. The van der Waals surface area contributed by atoms with Crippen molar-refractivity contribution >= 4 is 23.7 Å². The Bertz CT molecular complexity index is 117. The maximum Gasteiger partial charge on any atom is 2.00 e. The number of carbonyl (C=O) groups is 2. The minimum atomic E-state index is -0.985. The van der Waals surface area contributed by atoms with Crippen LogP contribution in [0, 0.1) is 0 Å². The summed E-state index contributed by atoms with van der Waals surface area (Å²) in [6, 6.07) is 0. The Hall–Kier alpha value is 1.55. The topological polar surface area (TPSA) is 74.6 Å². The van der Waals surface area contributed by atoms with E-state index < -0.39 is 11.9 Å². The Morgan fingerprint density at radius 1 is 1.09 bits per heavy atom. The van der Waals surface area contributed by atoms with Gasteiger partial charge in [0.2, 0.25) is 0 Å². The van der Waals surface area contributed by atoms with Crippen molar-refractivity contribution in [2.24, 2.45) is 0 Å². The summed E-state index contributed by atoms with van der Waals surface area (Å²) in [5, 5.41) is 16.0. The fourth-order valence-electron chi connectivity index (χ4n) is 0.226. The molecule has 0 amide bonds. The number of carboxylic acids is 2. The SMILES string of the molecule is O=C(O)CSCC(=O)O.[K+].[Zn+2]. The molecule has 0 atom stereocenters. The molecule has 2 N–H and O–H groups in total. The summed E-state index contributed by atoms with van der Waals surface area (Å²) in [6.45, 7) is 0. The Balaban J connectivity index is -0.000000320. The van der Waals surface area contributed by atoms with Gasteiger partial charge in [-0.1, -0.05) is 0 Å². The zero-order valence-corrected chi connectivity index (χ0v) is 13.1. The summed E-state index contributed by atoms with van der Waals surface area (Å²) in [4.78, 5) is 19.5. The van der Waals surface area contributed by atoms with Crippen LogP contribution in [0.1, 0.15) is 0 Å². The maximum absolute atomic E-state index is 9.77. The third kappa shape index (κ3) is 18.5. The third-order valence-electron chi connectivity index (χ3n) is 0.451. The van der Waals surface area contributed by atoms with Crippen LogP contribution in [0.3, 0.4) is 0 Å². The molecule has 0 heterocycles. The summed E-state index contributed by atoms with van der Waals surface area (Å²) >= 11 is 0.870. The van der Waals surface area contributed by atoms with Crippen molar-refractivity contribution < 1.29 is 90.7 Å². The van der Waals surface area contributed by atoms with E-state index in [2.05, 4.69) is 0 Å². The second-order valence-corrected chi connectivity index (χ2v) is 2.27. The quantitative estimate of drug-likeness (QED) is 0.520. The molecule has 0 fully saturated rings. The van der Waals surface area contributed by atoms with Crippen LogP contribution in [0.2, 0.25) is 0 Å². The molecule has 52 valence electrons. The molecule has 0 aliphatic carbocycles. The average molecular weight is 255 g/mol. The summed E-state index contributed by atoms with van der Waals surface area (Å²) in [5.74, 6) is -2.26. The van der Waals surface area contributed by atoms with Crippen LogP contribution in [-0.4, -0.2) is 33.7 Å². The monoisotopic (exact) mass is 253 g/mol. The molecule has 11 heavy (non-hydrogen) atoms. The number of rotatable bonds is 4. The average Bonchev–Trinajstić information content (AvgIpc) is 1.63. The predicted octanol–water partition coefficient (Wildman–Crippen LogP) is -3.11. The predicted molar refractivity (Wildman–Crippen MR) is 32.6 cm³/mol. The first kappa shape index (κ1) is 18.4. The normalized spacial score (nSPS) is 7.27. The van der Waals surface area contributed by atoms with Gasteiger partial charge >= 0.3 is 82.8 Å². The van der Waals surface area contributed by atoms with Crippen LogP contribution in [-0.2, 0) is 29.1 Å². The largest absolute Gasteiger partial charge is 2.00 e. The van der Waals surface area contributed by atoms with Gasteiger partial charge in [0.25, 0.3) is 0 Å². The van der Waals surface area contributed by atoms with Gasteiger partial charge in [-0.3, -0.25) is 9.59 Å². The van der Waals surface area contributed by atoms with Gasteiger partial charge in [0, 0.05) is 0 Å². The number of aliphatic carboxylic acids is 2. The van der Waals surface area contributed by atoms with Crippen molar-refractivity contribution in [1.29, 1.82) is 0 Å². The van der Waals surface area contributed by atoms with Gasteiger partial charge in [0.1, 0.15) is 0 Å². The molecule has 0 aliphatic rings. The van der Waals surface area contributed by atoms with E-state index in [0.717, 1.165) is 11.8 Å². The summed E-state index contributed by atoms with van der Waals surface area (Å²) in [6.07, 6.45) is 0. The van der Waals surface area contributed by atoms with E-state index in [9.17, 15) is 9.59 Å². The first-order chi connectivity index (χ1) is 4.13. The molecule has 0 bridgehead atoms. The molecular weight excluding hydrogens is 249 g/mol. The molecule has 0 spiro atoms. The van der Waals surface area contributed by atoms with Gasteiger partial charge in [-0.2, -0.15) is 0 Å². The van der Waals surface area contributed by atoms with E-state index in [4.69, 9.17) is 10.2 Å². The molecule has 0 aromatic carbocycles. The molecule has 0 aliphatic heterocycles. The van der Waals surface area contributed by atoms with E-state index in [1.165, 1.54) is 0 Å². The van der Waals surface area contributed by atoms with E-state index in [1.807, 2.05) is 0 Å². The van der Waals surface area contributed by atoms with Crippen molar-refractivity contribution in [2.45, 2.75) is 0 Å². The molecule has 0 rings (SSSR count). The van der Waals surface area contributed by atoms with Crippen LogP contribution in [0.4, 0.5) is 0 Å². The number of thioether (sulfide) groups is 1. The minimum Gasteiger partial charge on any atom is -0.481 e. The molecular formula is C4H6KO4SZn+3. The third-order valence-corrected chi connectivity index (χ3v) is 1.35. The number of hydrogen-bond acceptors (Lipinski definition) is 3. The van der Waals surface area contributed by atoms with Gasteiger partial charge in [-0.15, -0.1) is 11.8 Å². The number of carboxylic acid groups (broad SMARTS) is 2. The Morgan fingerprint density at radius 3 is 1.55 bits per heavy atom. The van der Waals surface area contributed by atoms with Crippen molar-refractivity contribution in [1.82, 2.24) is 0 Å². The van der Waals surface area contributed by atoms with Gasteiger partial charge < -0.3 is 10.2 Å². The van der Waals surface area contributed by atoms with Crippen LogP contribution in [0.15, 0.2) is 0 Å². The fourth-order valence-corrected chi connectivity index (χ4v) is 0.677. The van der Waals surface area contributed by atoms with Crippen LogP contribution in [0.25, 0.3) is 0 Å². The standard InChI is InChI=1S/C4H6O4S.K.Zn/c5-3(6)1-9-2-4(7)8;;/h1-2H2,(H,5,6)(H,7,8);;/q;+1;+2. The minimum absolute atomic E-state index is 0. The molecule has 0 aromatic rings. The zero-order chi connectivity index (χ0) is 7.28. The molecule has 0 saturated carbocycles. The molecule has 0 unspecified atom stereocenters. The first-order valence-corrected chi connectivity index (χ1v) is 3.29. The zero-order valence-electron chi connectivity index (χ0n) is 6.24. The van der Waals surface area contributed by atoms with Gasteiger partial charge in [-0.05, 0) is 0 Å². The van der Waals surface area contributed by atoms with Crippen LogP contribution in [0.5, 0.6) is 0 Å². The number of hydrogen-bond donors (Lipinski definition) is 2. The van der Waals surface area contributed by atoms with Gasteiger partial charge in [0.05, 0.1) is 11.5 Å². The second-order valence-electron chi connectivity index (χ2n) is 1.28. The van der Waals surface area contributed by atoms with Crippen LogP contribution >= 0.6 is 11.8 Å². The van der Waals surface area contributed by atoms with Crippen molar-refractivity contribution in [3.05, 3.63) is 0 Å². The van der Waals surface area contributed by atoms with Crippen LogP contribution < -0.4 is 51.4 Å². The summed E-state index contributed by atoms with van der Waals surface area (Å²) in [7, 11) is 0. The summed E-state index contributed by atoms with van der Waals surface area (Å²) < 4.78 is 0. The smallest absolute Gasteiger partial charge is 0.481 e.